The fraction of sp³-hybridized carbons (Fsp3) is 0.0667. The number of hydrogen-bond acceptors (Lipinski definition) is 6. The summed E-state index contributed by atoms with van der Waals surface area (Å²) in [5, 5.41) is 30.7. The number of halogens is 1. The number of aliphatic hydroxyl groups excluding tert-OH is 1. The Bertz CT molecular complexity index is 1110. The first-order chi connectivity index (χ1) is 11.8. The van der Waals surface area contributed by atoms with Crippen molar-refractivity contribution in [1.29, 1.82) is 0 Å². The van der Waals surface area contributed by atoms with Crippen molar-refractivity contribution in [3.8, 4) is 5.75 Å². The zero-order chi connectivity index (χ0) is 18.4. The smallest absolute Gasteiger partial charge is 0.289 e. The Balaban J connectivity index is 2.31. The van der Waals surface area contributed by atoms with Crippen LogP contribution in [-0.4, -0.2) is 27.5 Å². The van der Waals surface area contributed by atoms with Crippen LogP contribution in [0.25, 0.3) is 10.9 Å². The number of aromatic hydroxyl groups is 1. The van der Waals surface area contributed by atoms with Crippen LogP contribution in [0.2, 0.25) is 5.02 Å². The second kappa shape index (κ2) is 6.03. The van der Waals surface area contributed by atoms with Gasteiger partial charge < -0.3 is 10.2 Å². The van der Waals surface area contributed by atoms with E-state index in [1.165, 1.54) is 18.3 Å². The molecule has 0 aliphatic heterocycles. The normalized spacial score (nSPS) is 11.8. The van der Waals surface area contributed by atoms with E-state index in [9.17, 15) is 28.7 Å². The zero-order valence-corrected chi connectivity index (χ0v) is 14.0. The van der Waals surface area contributed by atoms with Gasteiger partial charge in [0.2, 0.25) is 0 Å². The Morgan fingerprint density at radius 1 is 1.24 bits per heavy atom. The van der Waals surface area contributed by atoms with E-state index in [0.717, 1.165) is 22.2 Å². The third kappa shape index (κ3) is 2.72. The van der Waals surface area contributed by atoms with Gasteiger partial charge in [0.1, 0.15) is 16.3 Å². The van der Waals surface area contributed by atoms with Crippen molar-refractivity contribution in [1.82, 2.24) is 3.97 Å². The van der Waals surface area contributed by atoms with Crippen molar-refractivity contribution in [2.24, 2.45) is 0 Å². The number of rotatable bonds is 4. The van der Waals surface area contributed by atoms with Crippen molar-refractivity contribution < 1.29 is 23.6 Å². The molecule has 10 heteroatoms. The van der Waals surface area contributed by atoms with Crippen molar-refractivity contribution in [2.75, 3.05) is 0 Å². The number of nitro benzene ring substituents is 1. The van der Waals surface area contributed by atoms with Crippen molar-refractivity contribution in [3.63, 3.8) is 0 Å². The van der Waals surface area contributed by atoms with E-state index in [4.69, 9.17) is 11.6 Å². The Morgan fingerprint density at radius 2 is 1.96 bits per heavy atom. The molecule has 3 rings (SSSR count). The van der Waals surface area contributed by atoms with Gasteiger partial charge in [0.05, 0.1) is 16.4 Å². The lowest BCUT2D eigenvalue weighted by molar-refractivity contribution is -0.384. The number of phenolic OH excluding ortho intramolecular Hbond substituents is 1. The highest BCUT2D eigenvalue weighted by molar-refractivity contribution is 7.90. The molecule has 0 radical (unpaired) electrons. The summed E-state index contributed by atoms with van der Waals surface area (Å²) < 4.78 is 26.6. The third-order valence-electron chi connectivity index (χ3n) is 3.70. The minimum Gasteiger partial charge on any atom is -0.506 e. The second-order valence-electron chi connectivity index (χ2n) is 5.16. The average molecular weight is 383 g/mol. The average Bonchev–Trinajstić information content (AvgIpc) is 2.95. The first-order valence-electron chi connectivity index (χ1n) is 6.89. The van der Waals surface area contributed by atoms with E-state index in [-0.39, 0.29) is 26.7 Å². The number of nitro groups is 1. The second-order valence-corrected chi connectivity index (χ2v) is 7.38. The molecule has 0 saturated heterocycles. The molecule has 0 unspecified atom stereocenters. The molecule has 0 aliphatic rings. The number of hydrogen-bond donors (Lipinski definition) is 2. The largest absolute Gasteiger partial charge is 0.506 e. The quantitative estimate of drug-likeness (QED) is 0.528. The number of para-hydroxylation sites is 1. The SMILES string of the molecule is O=[N+]([O-])c1cc(S(=O)(=O)n2cc(CO)c3cccc(O)c32)ccc1Cl. The van der Waals surface area contributed by atoms with Gasteiger partial charge >= 0.3 is 0 Å². The summed E-state index contributed by atoms with van der Waals surface area (Å²) in [7, 11) is -4.27. The van der Waals surface area contributed by atoms with E-state index in [0.29, 0.717) is 5.39 Å². The molecule has 0 saturated carbocycles. The van der Waals surface area contributed by atoms with Gasteiger partial charge in [-0.2, -0.15) is 0 Å². The van der Waals surface area contributed by atoms with Crippen molar-refractivity contribution in [2.45, 2.75) is 11.5 Å². The van der Waals surface area contributed by atoms with Gasteiger partial charge in [-0.25, -0.2) is 12.4 Å². The molecule has 3 aromatic rings. The fourth-order valence-corrected chi connectivity index (χ4v) is 4.13. The highest BCUT2D eigenvalue weighted by atomic mass is 35.5. The number of aliphatic hydroxyl groups is 1. The minimum atomic E-state index is -4.27. The summed E-state index contributed by atoms with van der Waals surface area (Å²) in [6.07, 6.45) is 1.17. The molecule has 2 N–H and O–H groups in total. The fourth-order valence-electron chi connectivity index (χ4n) is 2.52. The summed E-state index contributed by atoms with van der Waals surface area (Å²) in [6, 6.07) is 7.47. The van der Waals surface area contributed by atoms with Crippen LogP contribution in [0.1, 0.15) is 5.56 Å². The van der Waals surface area contributed by atoms with Crippen LogP contribution < -0.4 is 0 Å². The Kier molecular flexibility index (Phi) is 4.15. The van der Waals surface area contributed by atoms with Gasteiger partial charge in [-0.1, -0.05) is 23.7 Å². The molecule has 2 aromatic carbocycles. The molecule has 8 nitrogen and oxygen atoms in total. The predicted molar refractivity (Wildman–Crippen MR) is 90.2 cm³/mol. The molecule has 0 amide bonds. The standard InChI is InChI=1S/C15H11ClN2O6S/c16-12-5-4-10(6-13(12)18(21)22)25(23,24)17-7-9(8-19)11-2-1-3-14(20)15(11)17/h1-7,19-20H,8H2. The molecular weight excluding hydrogens is 372 g/mol. The van der Waals surface area contributed by atoms with Crippen LogP contribution in [0.5, 0.6) is 5.75 Å². The molecule has 130 valence electrons. The monoisotopic (exact) mass is 382 g/mol. The number of benzene rings is 2. The summed E-state index contributed by atoms with van der Waals surface area (Å²) in [4.78, 5) is 9.85. The molecule has 0 fully saturated rings. The summed E-state index contributed by atoms with van der Waals surface area (Å²) >= 11 is 5.72. The van der Waals surface area contributed by atoms with Gasteiger partial charge in [-0.05, 0) is 18.2 Å². The molecular formula is C15H11ClN2O6S. The number of nitrogens with zero attached hydrogens (tertiary/aromatic N) is 2. The maximum atomic E-state index is 12.9. The van der Waals surface area contributed by atoms with E-state index in [1.54, 1.807) is 6.07 Å². The van der Waals surface area contributed by atoms with Crippen LogP contribution in [0, 0.1) is 10.1 Å². The summed E-state index contributed by atoms with van der Waals surface area (Å²) in [5.41, 5.74) is -0.284. The first kappa shape index (κ1) is 17.2. The summed E-state index contributed by atoms with van der Waals surface area (Å²) in [5.74, 6) is -0.302. The van der Waals surface area contributed by atoms with E-state index < -0.39 is 27.2 Å². The van der Waals surface area contributed by atoms with E-state index in [2.05, 4.69) is 0 Å². The molecule has 0 bridgehead atoms. The van der Waals surface area contributed by atoms with E-state index >= 15 is 0 Å². The molecule has 0 atom stereocenters. The minimum absolute atomic E-state index is 0.0239. The van der Waals surface area contributed by atoms with Crippen LogP contribution in [-0.2, 0) is 16.6 Å². The van der Waals surface area contributed by atoms with Gasteiger partial charge in [0.15, 0.2) is 0 Å². The van der Waals surface area contributed by atoms with Crippen molar-refractivity contribution in [3.05, 3.63) is 63.3 Å². The molecule has 0 spiro atoms. The van der Waals surface area contributed by atoms with Crippen LogP contribution in [0.15, 0.2) is 47.5 Å². The number of aromatic nitrogens is 1. The number of fused-ring (bicyclic) bond motifs is 1. The topological polar surface area (TPSA) is 123 Å². The highest BCUT2D eigenvalue weighted by Gasteiger charge is 2.25. The Labute approximate surface area is 146 Å². The maximum Gasteiger partial charge on any atom is 0.289 e. The molecule has 1 aromatic heterocycles. The van der Waals surface area contributed by atoms with Gasteiger partial charge in [-0.15, -0.1) is 0 Å². The molecule has 1 heterocycles. The Hall–Kier alpha value is -2.62. The lowest BCUT2D eigenvalue weighted by Crippen LogP contribution is -2.12. The van der Waals surface area contributed by atoms with E-state index in [1.807, 2.05) is 0 Å². The van der Waals surface area contributed by atoms with Gasteiger partial charge in [-0.3, -0.25) is 10.1 Å². The predicted octanol–water partition coefficient (Wildman–Crippen LogP) is 2.64. The lowest BCUT2D eigenvalue weighted by Gasteiger charge is -2.09. The molecule has 25 heavy (non-hydrogen) atoms. The maximum absolute atomic E-state index is 12.9. The Morgan fingerprint density at radius 3 is 2.60 bits per heavy atom. The highest BCUT2D eigenvalue weighted by Crippen LogP contribution is 2.34. The number of phenols is 1. The molecule has 0 aliphatic carbocycles. The lowest BCUT2D eigenvalue weighted by atomic mass is 10.2. The van der Waals surface area contributed by atoms with Gasteiger partial charge in [0.25, 0.3) is 15.7 Å². The van der Waals surface area contributed by atoms with Crippen LogP contribution >= 0.6 is 11.6 Å². The van der Waals surface area contributed by atoms with Gasteiger partial charge in [0, 0.05) is 23.2 Å². The third-order valence-corrected chi connectivity index (χ3v) is 5.67. The van der Waals surface area contributed by atoms with Crippen LogP contribution in [0.3, 0.4) is 0 Å². The zero-order valence-electron chi connectivity index (χ0n) is 12.5. The summed E-state index contributed by atoms with van der Waals surface area (Å²) in [6.45, 7) is -0.441. The van der Waals surface area contributed by atoms with Crippen molar-refractivity contribution >= 4 is 38.2 Å². The first-order valence-corrected chi connectivity index (χ1v) is 8.71. The van der Waals surface area contributed by atoms with Crippen LogP contribution in [0.4, 0.5) is 5.69 Å².